The van der Waals surface area contributed by atoms with E-state index in [1.165, 1.54) is 22.4 Å². The highest BCUT2D eigenvalue weighted by molar-refractivity contribution is 7.89. The van der Waals surface area contributed by atoms with Crippen LogP contribution in [0, 0.1) is 6.92 Å². The number of aromatic nitrogens is 3. The molecule has 6 nitrogen and oxygen atoms in total. The zero-order valence-corrected chi connectivity index (χ0v) is 11.7. The average Bonchev–Trinajstić information content (AvgIpc) is 3.00. The highest BCUT2D eigenvalue weighted by Gasteiger charge is 2.34. The lowest BCUT2D eigenvalue weighted by Gasteiger charge is -2.34. The normalized spacial score (nSPS) is 20.4. The van der Waals surface area contributed by atoms with Gasteiger partial charge in [-0.3, -0.25) is 5.10 Å². The van der Waals surface area contributed by atoms with Crippen LogP contribution >= 0.6 is 0 Å². The molecule has 3 rings (SSSR count). The van der Waals surface area contributed by atoms with Crippen molar-refractivity contribution in [2.45, 2.75) is 31.3 Å². The van der Waals surface area contributed by atoms with Crippen LogP contribution in [-0.4, -0.2) is 34.0 Å². The van der Waals surface area contributed by atoms with Gasteiger partial charge < -0.3 is 4.57 Å². The number of nitrogens with zero attached hydrogens (tertiary/aromatic N) is 3. The zero-order chi connectivity index (χ0) is 13.6. The molecule has 1 N–H and O–H groups in total. The van der Waals surface area contributed by atoms with E-state index in [0.29, 0.717) is 13.1 Å². The van der Waals surface area contributed by atoms with E-state index in [4.69, 9.17) is 0 Å². The molecule has 0 spiro atoms. The van der Waals surface area contributed by atoms with Crippen LogP contribution < -0.4 is 0 Å². The number of aryl methyl sites for hydroxylation is 1. The number of aromatic amines is 1. The fourth-order valence-corrected chi connectivity index (χ4v) is 4.15. The second kappa shape index (κ2) is 4.21. The Bertz CT molecular complexity index is 687. The van der Waals surface area contributed by atoms with Crippen molar-refractivity contribution >= 4 is 10.0 Å². The van der Waals surface area contributed by atoms with Gasteiger partial charge in [0, 0.05) is 30.7 Å². The van der Waals surface area contributed by atoms with Crippen molar-refractivity contribution in [3.05, 3.63) is 35.9 Å². The van der Waals surface area contributed by atoms with Crippen LogP contribution in [-0.2, 0) is 16.6 Å². The molecule has 0 fully saturated rings. The van der Waals surface area contributed by atoms with E-state index >= 15 is 0 Å². The molecule has 0 saturated heterocycles. The van der Waals surface area contributed by atoms with Crippen LogP contribution in [0.15, 0.2) is 29.4 Å². The van der Waals surface area contributed by atoms with Crippen LogP contribution in [0.4, 0.5) is 0 Å². The summed E-state index contributed by atoms with van der Waals surface area (Å²) in [5.41, 5.74) is 2.21. The van der Waals surface area contributed by atoms with Gasteiger partial charge in [0.25, 0.3) is 0 Å². The van der Waals surface area contributed by atoms with Crippen LogP contribution in [0.2, 0.25) is 0 Å². The maximum Gasteiger partial charge on any atom is 0.246 e. The van der Waals surface area contributed by atoms with Gasteiger partial charge in [0.2, 0.25) is 10.0 Å². The molecule has 7 heteroatoms. The van der Waals surface area contributed by atoms with Crippen molar-refractivity contribution in [3.63, 3.8) is 0 Å². The summed E-state index contributed by atoms with van der Waals surface area (Å²) < 4.78 is 28.8. The second-order valence-corrected chi connectivity index (χ2v) is 6.67. The molecule has 102 valence electrons. The van der Waals surface area contributed by atoms with E-state index in [0.717, 1.165) is 5.69 Å². The number of H-pyrrole nitrogens is 1. The Hall–Kier alpha value is -1.60. The predicted molar refractivity (Wildman–Crippen MR) is 70.1 cm³/mol. The molecule has 0 aliphatic carbocycles. The first-order chi connectivity index (χ1) is 9.01. The summed E-state index contributed by atoms with van der Waals surface area (Å²) in [5, 5.41) is 6.27. The molecular formula is C12H16N4O2S. The lowest BCUT2D eigenvalue weighted by molar-refractivity contribution is 0.280. The fourth-order valence-electron chi connectivity index (χ4n) is 2.64. The highest BCUT2D eigenvalue weighted by Crippen LogP contribution is 2.31. The Morgan fingerprint density at radius 3 is 2.84 bits per heavy atom. The lowest BCUT2D eigenvalue weighted by atomic mass is 10.2. The Balaban J connectivity index is 2.01. The van der Waals surface area contributed by atoms with E-state index < -0.39 is 10.0 Å². The number of nitrogens with one attached hydrogen (secondary N) is 1. The van der Waals surface area contributed by atoms with Crippen molar-refractivity contribution < 1.29 is 8.42 Å². The van der Waals surface area contributed by atoms with E-state index in [1.54, 1.807) is 0 Å². The van der Waals surface area contributed by atoms with Crippen molar-refractivity contribution in [2.75, 3.05) is 6.54 Å². The van der Waals surface area contributed by atoms with Gasteiger partial charge in [-0.15, -0.1) is 0 Å². The Morgan fingerprint density at radius 2 is 2.16 bits per heavy atom. The van der Waals surface area contributed by atoms with Crippen molar-refractivity contribution in [3.8, 4) is 0 Å². The maximum atomic E-state index is 12.5. The Morgan fingerprint density at radius 1 is 1.37 bits per heavy atom. The summed E-state index contributed by atoms with van der Waals surface area (Å²) in [6, 6.07) is 3.86. The number of fused-ring (bicyclic) bond motifs is 1. The summed E-state index contributed by atoms with van der Waals surface area (Å²) >= 11 is 0. The van der Waals surface area contributed by atoms with Gasteiger partial charge in [0.1, 0.15) is 4.90 Å². The molecule has 0 saturated carbocycles. The van der Waals surface area contributed by atoms with Crippen molar-refractivity contribution in [1.29, 1.82) is 0 Å². The quantitative estimate of drug-likeness (QED) is 0.901. The number of hydrogen-bond donors (Lipinski definition) is 1. The molecule has 0 radical (unpaired) electrons. The average molecular weight is 280 g/mol. The third-order valence-corrected chi connectivity index (χ3v) is 5.65. The predicted octanol–water partition coefficient (Wildman–Crippen LogP) is 1.29. The summed E-state index contributed by atoms with van der Waals surface area (Å²) in [6.07, 6.45) is 2.77. The minimum Gasteiger partial charge on any atom is -0.346 e. The molecule has 2 aromatic rings. The van der Waals surface area contributed by atoms with Crippen molar-refractivity contribution in [2.24, 2.45) is 0 Å². The van der Waals surface area contributed by atoms with Crippen LogP contribution in [0.25, 0.3) is 0 Å². The van der Waals surface area contributed by atoms with Gasteiger partial charge in [0.05, 0.1) is 12.2 Å². The molecule has 0 bridgehead atoms. The number of sulfonamides is 1. The molecule has 0 amide bonds. The van der Waals surface area contributed by atoms with E-state index in [-0.39, 0.29) is 10.9 Å². The SMILES string of the molecule is Cc1ccc2n1CCN(S(=O)(=O)c1cn[nH]c1)C2C. The lowest BCUT2D eigenvalue weighted by Crippen LogP contribution is -2.40. The largest absolute Gasteiger partial charge is 0.346 e. The van der Waals surface area contributed by atoms with Gasteiger partial charge in [-0.25, -0.2) is 8.42 Å². The van der Waals surface area contributed by atoms with Gasteiger partial charge in [-0.2, -0.15) is 9.40 Å². The highest BCUT2D eigenvalue weighted by atomic mass is 32.2. The van der Waals surface area contributed by atoms with E-state index in [9.17, 15) is 8.42 Å². The minimum atomic E-state index is -3.48. The first-order valence-electron chi connectivity index (χ1n) is 6.18. The molecule has 3 heterocycles. The van der Waals surface area contributed by atoms with Crippen molar-refractivity contribution in [1.82, 2.24) is 19.1 Å². The molecule has 19 heavy (non-hydrogen) atoms. The minimum absolute atomic E-state index is 0.164. The fraction of sp³-hybridized carbons (Fsp3) is 0.417. The Kier molecular flexibility index (Phi) is 2.75. The monoisotopic (exact) mass is 280 g/mol. The zero-order valence-electron chi connectivity index (χ0n) is 10.9. The second-order valence-electron chi connectivity index (χ2n) is 4.78. The van der Waals surface area contributed by atoms with Crippen LogP contribution in [0.1, 0.15) is 24.4 Å². The molecule has 1 aliphatic rings. The third-order valence-electron chi connectivity index (χ3n) is 3.72. The third kappa shape index (κ3) is 1.81. The van der Waals surface area contributed by atoms with Gasteiger partial charge >= 0.3 is 0 Å². The number of rotatable bonds is 2. The molecule has 2 aromatic heterocycles. The number of hydrogen-bond acceptors (Lipinski definition) is 3. The summed E-state index contributed by atoms with van der Waals surface area (Å²) in [7, 11) is -3.48. The standard InChI is InChI=1S/C12H16N4O2S/c1-9-3-4-12-10(2)16(6-5-15(9)12)19(17,18)11-7-13-14-8-11/h3-4,7-8,10H,5-6H2,1-2H3,(H,13,14). The molecule has 1 unspecified atom stereocenters. The summed E-state index contributed by atoms with van der Waals surface area (Å²) in [6.45, 7) is 5.13. The smallest absolute Gasteiger partial charge is 0.246 e. The topological polar surface area (TPSA) is 71.0 Å². The van der Waals surface area contributed by atoms with Crippen LogP contribution in [0.5, 0.6) is 0 Å². The van der Waals surface area contributed by atoms with Gasteiger partial charge in [-0.1, -0.05) is 0 Å². The molecule has 1 atom stereocenters. The Labute approximate surface area is 112 Å². The molecule has 1 aliphatic heterocycles. The van der Waals surface area contributed by atoms with Gasteiger partial charge in [-0.05, 0) is 26.0 Å². The van der Waals surface area contributed by atoms with Gasteiger partial charge in [0.15, 0.2) is 0 Å². The first kappa shape index (κ1) is 12.4. The van der Waals surface area contributed by atoms with E-state index in [2.05, 4.69) is 14.8 Å². The maximum absolute atomic E-state index is 12.5. The van der Waals surface area contributed by atoms with Crippen LogP contribution in [0.3, 0.4) is 0 Å². The summed E-state index contributed by atoms with van der Waals surface area (Å²) in [5.74, 6) is 0. The van der Waals surface area contributed by atoms with E-state index in [1.807, 2.05) is 26.0 Å². The first-order valence-corrected chi connectivity index (χ1v) is 7.62. The summed E-state index contributed by atoms with van der Waals surface area (Å²) in [4.78, 5) is 0.219. The molecular weight excluding hydrogens is 264 g/mol. The molecule has 0 aromatic carbocycles.